The number of carboxylic acids is 1. The van der Waals surface area contributed by atoms with Gasteiger partial charge >= 0.3 is 5.97 Å². The van der Waals surface area contributed by atoms with Gasteiger partial charge in [-0.2, -0.15) is 0 Å². The summed E-state index contributed by atoms with van der Waals surface area (Å²) >= 11 is 5.38. The second-order valence-corrected chi connectivity index (χ2v) is 2.11. The Morgan fingerprint density at radius 3 is 2.91 bits per heavy atom. The third-order valence-corrected chi connectivity index (χ3v) is 1.09. The lowest BCUT2D eigenvalue weighted by Crippen LogP contribution is -2.08. The van der Waals surface area contributed by atoms with Crippen LogP contribution in [0.5, 0.6) is 5.95 Å². The summed E-state index contributed by atoms with van der Waals surface area (Å²) in [6, 6.07) is 2.92. The van der Waals surface area contributed by atoms with Gasteiger partial charge in [-0.15, -0.1) is 0 Å². The third kappa shape index (κ3) is 2.51. The third-order valence-electron chi connectivity index (χ3n) is 0.886. The van der Waals surface area contributed by atoms with E-state index in [1.54, 1.807) is 0 Å². The molecule has 11 heavy (non-hydrogen) atoms. The molecule has 1 N–H and O–H groups in total. The van der Waals surface area contributed by atoms with Gasteiger partial charge in [0.25, 0.3) is 5.95 Å². The molecule has 0 atom stereocenters. The van der Waals surface area contributed by atoms with Gasteiger partial charge in [0.15, 0.2) is 11.8 Å². The highest BCUT2D eigenvalue weighted by Crippen LogP contribution is 2.19. The fourth-order valence-corrected chi connectivity index (χ4v) is 0.647. The number of carboxylic acid groups (broad SMARTS) is 1. The van der Waals surface area contributed by atoms with E-state index in [4.69, 9.17) is 21.1 Å². The van der Waals surface area contributed by atoms with Gasteiger partial charge in [-0.25, -0.2) is 4.79 Å². The summed E-state index contributed by atoms with van der Waals surface area (Å²) in [5, 5.41) is 8.35. The molecule has 5 heteroatoms. The van der Waals surface area contributed by atoms with E-state index in [1.165, 1.54) is 12.1 Å². The first-order chi connectivity index (χ1) is 5.18. The quantitative estimate of drug-likeness (QED) is 0.756. The van der Waals surface area contributed by atoms with Gasteiger partial charge in [-0.05, 0) is 11.6 Å². The van der Waals surface area contributed by atoms with Gasteiger partial charge in [0.1, 0.15) is 0 Å². The molecule has 0 aliphatic carbocycles. The van der Waals surface area contributed by atoms with Crippen molar-refractivity contribution in [1.82, 2.24) is 0 Å². The van der Waals surface area contributed by atoms with Crippen LogP contribution in [0.15, 0.2) is 16.5 Å². The van der Waals surface area contributed by atoms with E-state index < -0.39 is 12.6 Å². The Balaban J connectivity index is 2.45. The number of hydrogen-bond donors (Lipinski definition) is 1. The molecule has 0 saturated heterocycles. The highest BCUT2D eigenvalue weighted by Gasteiger charge is 2.02. The molecular weight excluding hydrogens is 172 g/mol. The van der Waals surface area contributed by atoms with Crippen LogP contribution in [0.2, 0.25) is 5.22 Å². The molecule has 0 bridgehead atoms. The maximum atomic E-state index is 9.98. The predicted octanol–water partition coefficient (Wildman–Crippen LogP) is 1.40. The highest BCUT2D eigenvalue weighted by molar-refractivity contribution is 6.28. The maximum absolute atomic E-state index is 9.98. The first kappa shape index (κ1) is 7.94. The molecule has 1 aromatic rings. The molecule has 1 heterocycles. The lowest BCUT2D eigenvalue weighted by Gasteiger charge is -1.95. The van der Waals surface area contributed by atoms with Gasteiger partial charge in [0.05, 0.1) is 0 Å². The van der Waals surface area contributed by atoms with Crippen molar-refractivity contribution in [1.29, 1.82) is 0 Å². The molecule has 0 unspecified atom stereocenters. The largest absolute Gasteiger partial charge is 0.479 e. The lowest BCUT2D eigenvalue weighted by atomic mass is 10.6. The van der Waals surface area contributed by atoms with Crippen LogP contribution in [0.4, 0.5) is 0 Å². The van der Waals surface area contributed by atoms with Crippen LogP contribution in [-0.4, -0.2) is 17.7 Å². The van der Waals surface area contributed by atoms with E-state index in [-0.39, 0.29) is 11.2 Å². The molecule has 0 spiro atoms. The van der Waals surface area contributed by atoms with Crippen LogP contribution in [-0.2, 0) is 4.79 Å². The predicted molar refractivity (Wildman–Crippen MR) is 36.8 cm³/mol. The van der Waals surface area contributed by atoms with Crippen molar-refractivity contribution in [2.45, 2.75) is 0 Å². The number of halogens is 1. The molecular formula is C6H5ClO4. The SMILES string of the molecule is O=C(O)COc1ccc(Cl)o1. The smallest absolute Gasteiger partial charge is 0.341 e. The van der Waals surface area contributed by atoms with E-state index in [0.717, 1.165) is 0 Å². The van der Waals surface area contributed by atoms with Gasteiger partial charge in [0.2, 0.25) is 0 Å². The van der Waals surface area contributed by atoms with Crippen molar-refractivity contribution in [3.63, 3.8) is 0 Å². The molecule has 0 aromatic carbocycles. The molecule has 0 amide bonds. The summed E-state index contributed by atoms with van der Waals surface area (Å²) in [4.78, 5) is 9.98. The Morgan fingerprint density at radius 1 is 1.73 bits per heavy atom. The fourth-order valence-electron chi connectivity index (χ4n) is 0.508. The van der Waals surface area contributed by atoms with Crippen LogP contribution < -0.4 is 4.74 Å². The second-order valence-electron chi connectivity index (χ2n) is 1.74. The topological polar surface area (TPSA) is 59.7 Å². The standard InChI is InChI=1S/C6H5ClO4/c7-4-1-2-6(11-4)10-3-5(8)9/h1-2H,3H2,(H,8,9). The number of ether oxygens (including phenoxy) is 1. The molecule has 0 radical (unpaired) electrons. The normalized spacial score (nSPS) is 9.55. The van der Waals surface area contributed by atoms with E-state index in [0.29, 0.717) is 0 Å². The summed E-state index contributed by atoms with van der Waals surface area (Å²) in [7, 11) is 0. The summed E-state index contributed by atoms with van der Waals surface area (Å²) in [5.41, 5.74) is 0. The van der Waals surface area contributed by atoms with Crippen molar-refractivity contribution >= 4 is 17.6 Å². The van der Waals surface area contributed by atoms with Crippen LogP contribution in [0.1, 0.15) is 0 Å². The van der Waals surface area contributed by atoms with Crippen LogP contribution in [0.3, 0.4) is 0 Å². The minimum atomic E-state index is -1.06. The molecule has 60 valence electrons. The number of aliphatic carboxylic acids is 1. The molecule has 4 nitrogen and oxygen atoms in total. The Hall–Kier alpha value is -1.16. The number of hydrogen-bond acceptors (Lipinski definition) is 3. The van der Waals surface area contributed by atoms with E-state index >= 15 is 0 Å². The molecule has 0 fully saturated rings. The van der Waals surface area contributed by atoms with Gasteiger partial charge < -0.3 is 14.3 Å². The lowest BCUT2D eigenvalue weighted by molar-refractivity contribution is -0.139. The minimum absolute atomic E-state index is 0.109. The second kappa shape index (κ2) is 3.30. The zero-order chi connectivity index (χ0) is 8.27. The van der Waals surface area contributed by atoms with Crippen molar-refractivity contribution in [2.24, 2.45) is 0 Å². The van der Waals surface area contributed by atoms with Gasteiger partial charge in [-0.3, -0.25) is 0 Å². The van der Waals surface area contributed by atoms with E-state index in [1.807, 2.05) is 0 Å². The highest BCUT2D eigenvalue weighted by atomic mass is 35.5. The molecule has 1 aromatic heterocycles. The van der Waals surface area contributed by atoms with E-state index in [9.17, 15) is 4.79 Å². The van der Waals surface area contributed by atoms with Crippen molar-refractivity contribution in [2.75, 3.05) is 6.61 Å². The molecule has 0 aliphatic heterocycles. The first-order valence-electron chi connectivity index (χ1n) is 2.78. The maximum Gasteiger partial charge on any atom is 0.341 e. The number of rotatable bonds is 3. The molecule has 1 rings (SSSR count). The van der Waals surface area contributed by atoms with Crippen LogP contribution >= 0.6 is 11.6 Å². The summed E-state index contributed by atoms with van der Waals surface area (Å²) in [5.74, 6) is -0.949. The Labute approximate surface area is 67.3 Å². The van der Waals surface area contributed by atoms with Crippen molar-refractivity contribution in [3.05, 3.63) is 17.4 Å². The summed E-state index contributed by atoms with van der Waals surface area (Å²) in [6.45, 7) is -0.427. The minimum Gasteiger partial charge on any atom is -0.479 e. The van der Waals surface area contributed by atoms with Crippen molar-refractivity contribution in [3.8, 4) is 5.95 Å². The Kier molecular flexibility index (Phi) is 2.38. The average Bonchev–Trinajstić information content (AvgIpc) is 2.31. The average molecular weight is 177 g/mol. The van der Waals surface area contributed by atoms with Crippen LogP contribution in [0, 0.1) is 0 Å². The molecule has 0 aliphatic rings. The summed E-state index contributed by atoms with van der Waals surface area (Å²) in [6.07, 6.45) is 0. The first-order valence-corrected chi connectivity index (χ1v) is 3.16. The van der Waals surface area contributed by atoms with Crippen LogP contribution in [0.25, 0.3) is 0 Å². The van der Waals surface area contributed by atoms with Gasteiger partial charge in [-0.1, -0.05) is 0 Å². The number of furan rings is 1. The monoisotopic (exact) mass is 176 g/mol. The molecule has 0 saturated carbocycles. The number of carbonyl (C=O) groups is 1. The Bertz CT molecular complexity index is 255. The zero-order valence-corrected chi connectivity index (χ0v) is 6.17. The van der Waals surface area contributed by atoms with Gasteiger partial charge in [0, 0.05) is 12.1 Å². The fraction of sp³-hybridized carbons (Fsp3) is 0.167. The summed E-state index contributed by atoms with van der Waals surface area (Å²) < 4.78 is 9.35. The van der Waals surface area contributed by atoms with E-state index in [2.05, 4.69) is 4.74 Å². The zero-order valence-electron chi connectivity index (χ0n) is 5.41. The van der Waals surface area contributed by atoms with Crippen molar-refractivity contribution < 1.29 is 19.1 Å². The Morgan fingerprint density at radius 2 is 2.45 bits per heavy atom.